The molecule has 55 heavy (non-hydrogen) atoms. The highest BCUT2D eigenvalue weighted by Gasteiger charge is 2.22. The maximum Gasteiger partial charge on any atom is 0.0782 e. The first kappa shape index (κ1) is 31.6. The third-order valence-electron chi connectivity index (χ3n) is 11.0. The molecule has 0 saturated carbocycles. The maximum absolute atomic E-state index is 2.42. The fourth-order valence-corrected chi connectivity index (χ4v) is 9.74. The van der Waals surface area contributed by atoms with Crippen LogP contribution in [-0.4, -0.2) is 4.57 Å². The van der Waals surface area contributed by atoms with Crippen molar-refractivity contribution in [2.75, 3.05) is 4.90 Å². The zero-order chi connectivity index (χ0) is 36.3. The van der Waals surface area contributed by atoms with Crippen LogP contribution in [0.5, 0.6) is 0 Å². The highest BCUT2D eigenvalue weighted by molar-refractivity contribution is 7.26. The maximum atomic E-state index is 2.42. The highest BCUT2D eigenvalue weighted by Crippen LogP contribution is 2.46. The summed E-state index contributed by atoms with van der Waals surface area (Å²) in [6, 6.07) is 75.0. The van der Waals surface area contributed by atoms with Crippen LogP contribution in [-0.2, 0) is 0 Å². The molecule has 0 spiro atoms. The quantitative estimate of drug-likeness (QED) is 0.166. The summed E-state index contributed by atoms with van der Waals surface area (Å²) in [5, 5.41) is 7.71. The van der Waals surface area contributed by atoms with Crippen molar-refractivity contribution < 1.29 is 0 Å². The van der Waals surface area contributed by atoms with Gasteiger partial charge in [0.2, 0.25) is 0 Å². The van der Waals surface area contributed by atoms with E-state index in [-0.39, 0.29) is 0 Å². The second kappa shape index (κ2) is 12.9. The first-order valence-electron chi connectivity index (χ1n) is 18.8. The fraction of sp³-hybridized carbons (Fsp3) is 0. The van der Waals surface area contributed by atoms with Gasteiger partial charge in [-0.15, -0.1) is 11.3 Å². The van der Waals surface area contributed by atoms with Gasteiger partial charge in [0, 0.05) is 48.0 Å². The number of hydrogen-bond donors (Lipinski definition) is 0. The second-order valence-corrected chi connectivity index (χ2v) is 15.2. The minimum atomic E-state index is 1.10. The monoisotopic (exact) mass is 718 g/mol. The summed E-state index contributed by atoms with van der Waals surface area (Å²) in [4.78, 5) is 2.42. The predicted molar refractivity (Wildman–Crippen MR) is 237 cm³/mol. The molecule has 0 fully saturated rings. The summed E-state index contributed by atoms with van der Waals surface area (Å²) in [7, 11) is 0. The van der Waals surface area contributed by atoms with Crippen LogP contribution in [0.2, 0.25) is 0 Å². The van der Waals surface area contributed by atoms with E-state index in [0.29, 0.717) is 0 Å². The highest BCUT2D eigenvalue weighted by atomic mass is 32.1. The lowest BCUT2D eigenvalue weighted by Crippen LogP contribution is -2.11. The molecule has 9 aromatic carbocycles. The minimum Gasteiger partial charge on any atom is -0.308 e. The molecule has 2 heterocycles. The Morgan fingerprint density at radius 2 is 1.02 bits per heavy atom. The topological polar surface area (TPSA) is 8.17 Å². The van der Waals surface area contributed by atoms with Crippen LogP contribution in [0.3, 0.4) is 0 Å². The Bertz CT molecular complexity index is 3180. The Hall–Kier alpha value is -6.94. The zero-order valence-corrected chi connectivity index (χ0v) is 30.7. The van der Waals surface area contributed by atoms with Crippen molar-refractivity contribution in [1.82, 2.24) is 4.57 Å². The van der Waals surface area contributed by atoms with E-state index in [0.717, 1.165) is 22.7 Å². The molecule has 0 aliphatic heterocycles. The van der Waals surface area contributed by atoms with Crippen molar-refractivity contribution in [2.45, 2.75) is 0 Å². The lowest BCUT2D eigenvalue weighted by molar-refractivity contribution is 1.17. The molecule has 0 atom stereocenters. The molecule has 0 radical (unpaired) electrons. The third kappa shape index (κ3) is 5.16. The van der Waals surface area contributed by atoms with E-state index < -0.39 is 0 Å². The van der Waals surface area contributed by atoms with E-state index in [1.165, 1.54) is 75.0 Å². The Kier molecular flexibility index (Phi) is 7.39. The molecular weight excluding hydrogens is 685 g/mol. The van der Waals surface area contributed by atoms with Gasteiger partial charge in [-0.3, -0.25) is 0 Å². The van der Waals surface area contributed by atoms with Crippen molar-refractivity contribution >= 4 is 81.1 Å². The number of fused-ring (bicyclic) bond motifs is 8. The summed E-state index contributed by atoms with van der Waals surface area (Å²) in [5.74, 6) is 0. The molecule has 0 aliphatic rings. The fourth-order valence-electron chi connectivity index (χ4n) is 8.47. The smallest absolute Gasteiger partial charge is 0.0782 e. The zero-order valence-electron chi connectivity index (χ0n) is 29.9. The average Bonchev–Trinajstić information content (AvgIpc) is 3.82. The number of nitrogens with zero attached hydrogens (tertiary/aromatic N) is 2. The van der Waals surface area contributed by atoms with Gasteiger partial charge in [-0.05, 0) is 87.6 Å². The van der Waals surface area contributed by atoms with E-state index in [9.17, 15) is 0 Å². The van der Waals surface area contributed by atoms with Gasteiger partial charge >= 0.3 is 0 Å². The van der Waals surface area contributed by atoms with Crippen molar-refractivity contribution in [3.63, 3.8) is 0 Å². The van der Waals surface area contributed by atoms with Crippen LogP contribution < -0.4 is 4.90 Å². The van der Waals surface area contributed by atoms with Gasteiger partial charge in [0.15, 0.2) is 0 Å². The van der Waals surface area contributed by atoms with Gasteiger partial charge in [-0.2, -0.15) is 0 Å². The largest absolute Gasteiger partial charge is 0.308 e. The number of anilines is 3. The Morgan fingerprint density at radius 1 is 0.400 bits per heavy atom. The second-order valence-electron chi connectivity index (χ2n) is 14.1. The molecule has 2 aromatic heterocycles. The number of benzene rings is 9. The molecule has 0 aliphatic carbocycles. The van der Waals surface area contributed by atoms with Crippen LogP contribution >= 0.6 is 11.3 Å². The van der Waals surface area contributed by atoms with Gasteiger partial charge in [0.25, 0.3) is 0 Å². The molecule has 0 saturated heterocycles. The number of aromatic nitrogens is 1. The van der Waals surface area contributed by atoms with Gasteiger partial charge < -0.3 is 9.47 Å². The molecule has 0 bridgehead atoms. The van der Waals surface area contributed by atoms with Gasteiger partial charge in [-0.25, -0.2) is 0 Å². The molecule has 0 N–H and O–H groups in total. The van der Waals surface area contributed by atoms with E-state index in [1.54, 1.807) is 0 Å². The third-order valence-corrected chi connectivity index (χ3v) is 12.2. The molecule has 2 nitrogen and oxygen atoms in total. The molecule has 0 unspecified atom stereocenters. The van der Waals surface area contributed by atoms with Gasteiger partial charge in [0.05, 0.1) is 16.7 Å². The molecule has 11 rings (SSSR count). The lowest BCUT2D eigenvalue weighted by Gasteiger charge is -2.27. The summed E-state index contributed by atoms with van der Waals surface area (Å²) in [6.45, 7) is 0. The number of rotatable bonds is 6. The van der Waals surface area contributed by atoms with Crippen LogP contribution in [0.15, 0.2) is 206 Å². The van der Waals surface area contributed by atoms with Crippen LogP contribution in [0.25, 0.3) is 80.7 Å². The van der Waals surface area contributed by atoms with Crippen molar-refractivity contribution in [1.29, 1.82) is 0 Å². The van der Waals surface area contributed by atoms with E-state index in [2.05, 4.69) is 216 Å². The van der Waals surface area contributed by atoms with Gasteiger partial charge in [0.1, 0.15) is 0 Å². The predicted octanol–water partition coefficient (Wildman–Crippen LogP) is 15.1. The summed E-state index contributed by atoms with van der Waals surface area (Å²) >= 11 is 1.89. The van der Waals surface area contributed by atoms with Crippen LogP contribution in [0.1, 0.15) is 0 Å². The number of hydrogen-bond acceptors (Lipinski definition) is 2. The summed E-state index contributed by atoms with van der Waals surface area (Å²) in [5.41, 5.74) is 11.7. The standard InChI is InChI=1S/C52H34N2S/c1-3-13-35(14-4-1)36-25-30-40(31-26-36)53(48-23-11-21-45-44-19-9-10-22-47(44)54(51(45)48)39-16-5-2-6-17-39)41-32-27-38(28-33-41)42-20-12-24-49-50(42)46-34-29-37-15-7-8-18-43(37)52(46)55-49/h1-34H. The van der Waals surface area contributed by atoms with Crippen LogP contribution in [0.4, 0.5) is 17.1 Å². The molecule has 258 valence electrons. The van der Waals surface area contributed by atoms with Crippen molar-refractivity contribution in [3.05, 3.63) is 206 Å². The van der Waals surface area contributed by atoms with Crippen LogP contribution in [0, 0.1) is 0 Å². The average molecular weight is 719 g/mol. The van der Waals surface area contributed by atoms with E-state index in [1.807, 2.05) is 11.3 Å². The Balaban J connectivity index is 1.11. The Labute approximate surface area is 323 Å². The molecule has 0 amide bonds. The first-order valence-corrected chi connectivity index (χ1v) is 19.6. The molecule has 3 heteroatoms. The summed E-state index contributed by atoms with van der Waals surface area (Å²) < 4.78 is 5.09. The normalized spacial score (nSPS) is 11.6. The minimum absolute atomic E-state index is 1.10. The number of para-hydroxylation sites is 3. The van der Waals surface area contributed by atoms with Crippen molar-refractivity contribution in [2.24, 2.45) is 0 Å². The van der Waals surface area contributed by atoms with Crippen molar-refractivity contribution in [3.8, 4) is 27.9 Å². The summed E-state index contributed by atoms with van der Waals surface area (Å²) in [6.07, 6.45) is 0. The van der Waals surface area contributed by atoms with Gasteiger partial charge in [-0.1, -0.05) is 152 Å². The Morgan fingerprint density at radius 3 is 1.80 bits per heavy atom. The SMILES string of the molecule is c1ccc(-c2ccc(N(c3ccc(-c4cccc5sc6c7ccccc7ccc6c45)cc3)c3cccc4c5ccccc5n(-c5ccccc5)c34)cc2)cc1. The molecular formula is C52H34N2S. The first-order chi connectivity index (χ1) is 27.3. The van der Waals surface area contributed by atoms with E-state index >= 15 is 0 Å². The van der Waals surface area contributed by atoms with E-state index in [4.69, 9.17) is 0 Å². The molecule has 11 aromatic rings. The number of thiophene rings is 1. The lowest BCUT2D eigenvalue weighted by atomic mass is 9.98.